The summed E-state index contributed by atoms with van der Waals surface area (Å²) in [7, 11) is 0. The fraction of sp³-hybridized carbons (Fsp3) is 0.250. The Bertz CT molecular complexity index is 498. The molecular weight excluding hydrogens is 239 g/mol. The van der Waals surface area contributed by atoms with Crippen molar-refractivity contribution in [1.82, 2.24) is 0 Å². The highest BCUT2D eigenvalue weighted by Gasteiger charge is 1.95. The highest BCUT2D eigenvalue weighted by atomic mass is 19.1. The minimum Gasteiger partial charge on any atom is -0.301 e. The van der Waals surface area contributed by atoms with E-state index in [1.54, 1.807) is 12.1 Å². The molecule has 0 amide bonds. The molecule has 0 aliphatic rings. The van der Waals surface area contributed by atoms with Crippen LogP contribution in [0.2, 0.25) is 0 Å². The standard InChI is InChI=1S/C14H15FN2.C2H6/c1-2-11-5-3-7-13(9-11)16-17-14-8-4-6-12(15)10-14;1-2/h3-10,16-17H,2H2,1H3;1-2H3. The molecule has 0 fully saturated rings. The van der Waals surface area contributed by atoms with Crippen molar-refractivity contribution in [2.45, 2.75) is 27.2 Å². The van der Waals surface area contributed by atoms with E-state index in [-0.39, 0.29) is 5.82 Å². The number of nitrogens with one attached hydrogen (secondary N) is 2. The Kier molecular flexibility index (Phi) is 6.44. The molecule has 2 aromatic rings. The van der Waals surface area contributed by atoms with Crippen molar-refractivity contribution in [3.8, 4) is 0 Å². The molecule has 3 heteroatoms. The molecule has 0 unspecified atom stereocenters. The van der Waals surface area contributed by atoms with E-state index in [0.717, 1.165) is 12.1 Å². The molecule has 0 spiro atoms. The zero-order valence-corrected chi connectivity index (χ0v) is 11.7. The second-order valence-corrected chi connectivity index (χ2v) is 3.81. The monoisotopic (exact) mass is 260 g/mol. The quantitative estimate of drug-likeness (QED) is 0.768. The lowest BCUT2D eigenvalue weighted by Crippen LogP contribution is -2.08. The normalized spacial score (nSPS) is 9.26. The minimum atomic E-state index is -0.251. The van der Waals surface area contributed by atoms with Crippen LogP contribution in [0.1, 0.15) is 26.3 Å². The summed E-state index contributed by atoms with van der Waals surface area (Å²) >= 11 is 0. The molecule has 0 atom stereocenters. The van der Waals surface area contributed by atoms with Gasteiger partial charge in [0.2, 0.25) is 0 Å². The van der Waals surface area contributed by atoms with Crippen LogP contribution in [0.5, 0.6) is 0 Å². The summed E-state index contributed by atoms with van der Waals surface area (Å²) in [6.45, 7) is 6.11. The largest absolute Gasteiger partial charge is 0.301 e. The van der Waals surface area contributed by atoms with E-state index in [1.165, 1.54) is 17.7 Å². The van der Waals surface area contributed by atoms with Gasteiger partial charge in [0.25, 0.3) is 0 Å². The first-order valence-electron chi connectivity index (χ1n) is 6.64. The van der Waals surface area contributed by atoms with Crippen LogP contribution in [-0.2, 0) is 6.42 Å². The van der Waals surface area contributed by atoms with Crippen LogP contribution < -0.4 is 10.9 Å². The van der Waals surface area contributed by atoms with Crippen molar-refractivity contribution in [3.63, 3.8) is 0 Å². The van der Waals surface area contributed by atoms with Gasteiger partial charge in [0.15, 0.2) is 0 Å². The highest BCUT2D eigenvalue weighted by molar-refractivity contribution is 5.53. The van der Waals surface area contributed by atoms with Gasteiger partial charge in [-0.15, -0.1) is 0 Å². The number of hydrogen-bond acceptors (Lipinski definition) is 2. The van der Waals surface area contributed by atoms with Gasteiger partial charge in [-0.05, 0) is 42.3 Å². The van der Waals surface area contributed by atoms with E-state index in [1.807, 2.05) is 26.0 Å². The van der Waals surface area contributed by atoms with Crippen LogP contribution in [0.25, 0.3) is 0 Å². The van der Waals surface area contributed by atoms with Gasteiger partial charge < -0.3 is 10.9 Å². The van der Waals surface area contributed by atoms with Crippen molar-refractivity contribution in [3.05, 3.63) is 59.9 Å². The van der Waals surface area contributed by atoms with Crippen molar-refractivity contribution in [1.29, 1.82) is 0 Å². The summed E-state index contributed by atoms with van der Waals surface area (Å²) in [5.74, 6) is -0.251. The Balaban J connectivity index is 0.000000861. The summed E-state index contributed by atoms with van der Waals surface area (Å²) in [6, 6.07) is 14.4. The summed E-state index contributed by atoms with van der Waals surface area (Å²) in [5, 5.41) is 0. The molecule has 19 heavy (non-hydrogen) atoms. The van der Waals surface area contributed by atoms with Crippen LogP contribution in [-0.4, -0.2) is 0 Å². The molecule has 0 bridgehead atoms. The molecule has 2 aromatic carbocycles. The third kappa shape index (κ3) is 5.00. The van der Waals surface area contributed by atoms with Gasteiger partial charge in [0.05, 0.1) is 11.4 Å². The Hall–Kier alpha value is -2.03. The predicted molar refractivity (Wildman–Crippen MR) is 80.8 cm³/mol. The second-order valence-electron chi connectivity index (χ2n) is 3.81. The topological polar surface area (TPSA) is 24.1 Å². The summed E-state index contributed by atoms with van der Waals surface area (Å²) in [6.07, 6.45) is 0.996. The van der Waals surface area contributed by atoms with Crippen molar-refractivity contribution in [2.75, 3.05) is 10.9 Å². The Morgan fingerprint density at radius 3 is 2.05 bits per heavy atom. The molecule has 0 saturated heterocycles. The molecule has 102 valence electrons. The van der Waals surface area contributed by atoms with Gasteiger partial charge in [-0.2, -0.15) is 0 Å². The Morgan fingerprint density at radius 2 is 1.47 bits per heavy atom. The summed E-state index contributed by atoms with van der Waals surface area (Å²) in [4.78, 5) is 0. The first-order valence-corrected chi connectivity index (χ1v) is 6.64. The van der Waals surface area contributed by atoms with Crippen molar-refractivity contribution in [2.24, 2.45) is 0 Å². The molecule has 2 nitrogen and oxygen atoms in total. The lowest BCUT2D eigenvalue weighted by molar-refractivity contribution is 0.628. The van der Waals surface area contributed by atoms with Crippen LogP contribution in [0.3, 0.4) is 0 Å². The van der Waals surface area contributed by atoms with Crippen molar-refractivity contribution >= 4 is 11.4 Å². The van der Waals surface area contributed by atoms with E-state index >= 15 is 0 Å². The van der Waals surface area contributed by atoms with Gasteiger partial charge in [-0.1, -0.05) is 39.0 Å². The smallest absolute Gasteiger partial charge is 0.125 e. The van der Waals surface area contributed by atoms with Crippen LogP contribution in [0, 0.1) is 5.82 Å². The second kappa shape index (κ2) is 8.14. The zero-order valence-electron chi connectivity index (χ0n) is 11.7. The van der Waals surface area contributed by atoms with E-state index in [9.17, 15) is 4.39 Å². The third-order valence-electron chi connectivity index (χ3n) is 2.51. The molecular formula is C16H21FN2. The maximum Gasteiger partial charge on any atom is 0.125 e. The molecule has 0 aliphatic carbocycles. The molecule has 0 saturated carbocycles. The van der Waals surface area contributed by atoms with Crippen molar-refractivity contribution < 1.29 is 4.39 Å². The molecule has 0 aliphatic heterocycles. The number of anilines is 2. The SMILES string of the molecule is CC.CCc1cccc(NNc2cccc(F)c2)c1. The Morgan fingerprint density at radius 1 is 0.895 bits per heavy atom. The first-order chi connectivity index (χ1) is 9.28. The van der Waals surface area contributed by atoms with Gasteiger partial charge >= 0.3 is 0 Å². The first kappa shape index (κ1) is 15.0. The van der Waals surface area contributed by atoms with E-state index < -0.39 is 0 Å². The lowest BCUT2D eigenvalue weighted by Gasteiger charge is -2.10. The molecule has 2 N–H and O–H groups in total. The van der Waals surface area contributed by atoms with Gasteiger partial charge in [-0.25, -0.2) is 4.39 Å². The van der Waals surface area contributed by atoms with E-state index in [0.29, 0.717) is 5.69 Å². The molecule has 0 radical (unpaired) electrons. The highest BCUT2D eigenvalue weighted by Crippen LogP contribution is 2.13. The number of halogens is 1. The number of hydrogen-bond donors (Lipinski definition) is 2. The number of aryl methyl sites for hydroxylation is 1. The van der Waals surface area contributed by atoms with Gasteiger partial charge in [0, 0.05) is 0 Å². The number of benzene rings is 2. The number of rotatable bonds is 4. The number of hydrazine groups is 1. The average Bonchev–Trinajstić information content (AvgIpc) is 2.47. The van der Waals surface area contributed by atoms with Gasteiger partial charge in [-0.3, -0.25) is 0 Å². The zero-order chi connectivity index (χ0) is 14.1. The summed E-state index contributed by atoms with van der Waals surface area (Å²) in [5.41, 5.74) is 8.94. The Labute approximate surface area is 114 Å². The van der Waals surface area contributed by atoms with E-state index in [2.05, 4.69) is 29.9 Å². The van der Waals surface area contributed by atoms with E-state index in [4.69, 9.17) is 0 Å². The average molecular weight is 260 g/mol. The minimum absolute atomic E-state index is 0.251. The maximum atomic E-state index is 12.9. The van der Waals surface area contributed by atoms with Crippen LogP contribution in [0.15, 0.2) is 48.5 Å². The molecule has 2 rings (SSSR count). The lowest BCUT2D eigenvalue weighted by atomic mass is 10.1. The van der Waals surface area contributed by atoms with Crippen LogP contribution >= 0.6 is 0 Å². The van der Waals surface area contributed by atoms with Gasteiger partial charge in [0.1, 0.15) is 5.82 Å². The summed E-state index contributed by atoms with van der Waals surface area (Å²) < 4.78 is 12.9. The predicted octanol–water partition coefficient (Wildman–Crippen LogP) is 4.85. The fourth-order valence-electron chi connectivity index (χ4n) is 1.58. The molecule has 0 heterocycles. The maximum absolute atomic E-state index is 12.9. The third-order valence-corrected chi connectivity index (χ3v) is 2.51. The fourth-order valence-corrected chi connectivity index (χ4v) is 1.58. The van der Waals surface area contributed by atoms with Crippen LogP contribution in [0.4, 0.5) is 15.8 Å². The molecule has 0 aromatic heterocycles.